The zero-order valence-corrected chi connectivity index (χ0v) is 24.7. The lowest BCUT2D eigenvalue weighted by atomic mass is 10.2. The Kier molecular flexibility index (Phi) is 9.33. The first-order valence-electron chi connectivity index (χ1n) is 14.1. The molecular weight excluding hydrogens is 572 g/mol. The summed E-state index contributed by atoms with van der Waals surface area (Å²) >= 11 is 0. The van der Waals surface area contributed by atoms with Crippen molar-refractivity contribution in [3.63, 3.8) is 0 Å². The number of fused-ring (bicyclic) bond motifs is 1. The van der Waals surface area contributed by atoms with Gasteiger partial charge in [-0.2, -0.15) is 0 Å². The SMILES string of the molecule is CC(C)(C)OC(=O)NCCOc1cccc(-c2ccnc(CNCC[C@H]3CN(c4ccc5c(n4)NC(=O)CO5)C(=O)O3)n2)n1. The minimum atomic E-state index is -0.570. The van der Waals surface area contributed by atoms with Gasteiger partial charge in [0.05, 0.1) is 31.0 Å². The van der Waals surface area contributed by atoms with Crippen LogP contribution in [0.3, 0.4) is 0 Å². The molecule has 0 unspecified atom stereocenters. The van der Waals surface area contributed by atoms with Gasteiger partial charge in [0, 0.05) is 12.3 Å². The molecule has 0 aliphatic carbocycles. The van der Waals surface area contributed by atoms with E-state index in [1.807, 2.05) is 12.1 Å². The highest BCUT2D eigenvalue weighted by atomic mass is 16.6. The van der Waals surface area contributed by atoms with E-state index in [4.69, 9.17) is 18.9 Å². The Morgan fingerprint density at radius 2 is 1.93 bits per heavy atom. The Hall–Kier alpha value is -5.05. The van der Waals surface area contributed by atoms with E-state index >= 15 is 0 Å². The maximum atomic E-state index is 12.5. The molecule has 0 bridgehead atoms. The summed E-state index contributed by atoms with van der Waals surface area (Å²) in [5.74, 6) is 1.78. The fourth-order valence-corrected chi connectivity index (χ4v) is 4.31. The highest BCUT2D eigenvalue weighted by molar-refractivity contribution is 5.95. The van der Waals surface area contributed by atoms with Crippen LogP contribution >= 0.6 is 0 Å². The van der Waals surface area contributed by atoms with Gasteiger partial charge in [-0.25, -0.2) is 29.5 Å². The number of hydrogen-bond donors (Lipinski definition) is 3. The number of pyridine rings is 2. The second-order valence-electron chi connectivity index (χ2n) is 10.9. The van der Waals surface area contributed by atoms with Crippen LogP contribution in [-0.4, -0.2) is 82.6 Å². The standard InChI is InChI=1S/C29H34N8O7/c1-29(2,3)44-27(39)32-13-14-41-25-6-4-5-19(34-25)20-10-12-31-22(33-20)15-30-11-9-18-16-37(28(40)43-18)23-8-7-21-26(35-23)36-24(38)17-42-21/h4-8,10,12,18,30H,9,11,13-17H2,1-3H3,(H,32,39)(H,35,36,38)/t18-/m0/s1. The molecule has 3 aromatic heterocycles. The van der Waals surface area contributed by atoms with E-state index in [0.29, 0.717) is 60.7 Å². The van der Waals surface area contributed by atoms with Crippen LogP contribution in [-0.2, 0) is 20.8 Å². The molecule has 15 heteroatoms. The summed E-state index contributed by atoms with van der Waals surface area (Å²) in [6, 6.07) is 10.4. The Balaban J connectivity index is 1.06. The lowest BCUT2D eigenvalue weighted by Crippen LogP contribution is -2.34. The molecule has 44 heavy (non-hydrogen) atoms. The van der Waals surface area contributed by atoms with E-state index < -0.39 is 17.8 Å². The molecule has 15 nitrogen and oxygen atoms in total. The number of aromatic nitrogens is 4. The van der Waals surface area contributed by atoms with E-state index in [2.05, 4.69) is 35.9 Å². The topological polar surface area (TPSA) is 179 Å². The number of hydrogen-bond acceptors (Lipinski definition) is 12. The highest BCUT2D eigenvalue weighted by Crippen LogP contribution is 2.30. The van der Waals surface area contributed by atoms with Crippen LogP contribution in [0.5, 0.6) is 11.6 Å². The van der Waals surface area contributed by atoms with Gasteiger partial charge in [-0.05, 0) is 58.0 Å². The fourth-order valence-electron chi connectivity index (χ4n) is 4.31. The van der Waals surface area contributed by atoms with Gasteiger partial charge in [-0.1, -0.05) is 6.07 Å². The molecule has 1 atom stereocenters. The van der Waals surface area contributed by atoms with E-state index in [-0.39, 0.29) is 37.6 Å². The van der Waals surface area contributed by atoms with Crippen molar-refractivity contribution in [3.8, 4) is 23.0 Å². The first kappa shape index (κ1) is 30.4. The number of carbonyl (C=O) groups excluding carboxylic acids is 3. The minimum absolute atomic E-state index is 0.0682. The summed E-state index contributed by atoms with van der Waals surface area (Å²) in [7, 11) is 0. The number of nitrogens with zero attached hydrogens (tertiary/aromatic N) is 5. The van der Waals surface area contributed by atoms with Crippen molar-refractivity contribution in [2.45, 2.75) is 45.4 Å². The summed E-state index contributed by atoms with van der Waals surface area (Å²) < 4.78 is 21.7. The molecule has 0 spiro atoms. The number of anilines is 2. The van der Waals surface area contributed by atoms with Gasteiger partial charge in [0.2, 0.25) is 5.88 Å². The lowest BCUT2D eigenvalue weighted by Gasteiger charge is -2.19. The van der Waals surface area contributed by atoms with Crippen LogP contribution in [0.4, 0.5) is 21.2 Å². The smallest absolute Gasteiger partial charge is 0.415 e. The molecule has 0 radical (unpaired) electrons. The van der Waals surface area contributed by atoms with E-state index in [1.165, 1.54) is 4.90 Å². The maximum absolute atomic E-state index is 12.5. The summed E-state index contributed by atoms with van der Waals surface area (Å²) in [4.78, 5) is 55.1. The van der Waals surface area contributed by atoms with Gasteiger partial charge in [-0.3, -0.25) is 9.69 Å². The number of alkyl carbamates (subject to hydrolysis) is 1. The maximum Gasteiger partial charge on any atom is 0.415 e. The zero-order valence-electron chi connectivity index (χ0n) is 24.7. The molecule has 5 heterocycles. The number of cyclic esters (lactones) is 1. The predicted octanol–water partition coefficient (Wildman–Crippen LogP) is 2.67. The molecule has 1 fully saturated rings. The van der Waals surface area contributed by atoms with Crippen molar-refractivity contribution in [3.05, 3.63) is 48.4 Å². The molecule has 2 aliphatic heterocycles. The fraction of sp³-hybridized carbons (Fsp3) is 0.414. The highest BCUT2D eigenvalue weighted by Gasteiger charge is 2.33. The van der Waals surface area contributed by atoms with Crippen molar-refractivity contribution in [2.75, 3.05) is 43.1 Å². The predicted molar refractivity (Wildman–Crippen MR) is 157 cm³/mol. The summed E-state index contributed by atoms with van der Waals surface area (Å²) in [5.41, 5.74) is 0.680. The first-order chi connectivity index (χ1) is 21.1. The lowest BCUT2D eigenvalue weighted by molar-refractivity contribution is -0.118. The normalized spacial score (nSPS) is 16.0. The zero-order chi connectivity index (χ0) is 31.1. The molecule has 3 amide bonds. The van der Waals surface area contributed by atoms with E-state index in [0.717, 1.165) is 0 Å². The van der Waals surface area contributed by atoms with Crippen LogP contribution in [0, 0.1) is 0 Å². The van der Waals surface area contributed by atoms with E-state index in [9.17, 15) is 14.4 Å². The van der Waals surface area contributed by atoms with Crippen molar-refractivity contribution in [1.29, 1.82) is 0 Å². The second-order valence-corrected chi connectivity index (χ2v) is 10.9. The van der Waals surface area contributed by atoms with Gasteiger partial charge >= 0.3 is 12.2 Å². The molecule has 2 aliphatic rings. The Morgan fingerprint density at radius 3 is 2.77 bits per heavy atom. The molecule has 3 aromatic rings. The van der Waals surface area contributed by atoms with Gasteiger partial charge < -0.3 is 34.9 Å². The van der Waals surface area contributed by atoms with Gasteiger partial charge in [0.15, 0.2) is 18.2 Å². The molecule has 232 valence electrons. The molecule has 5 rings (SSSR count). The molecule has 0 saturated carbocycles. The van der Waals surface area contributed by atoms with Crippen LogP contribution in [0.2, 0.25) is 0 Å². The van der Waals surface area contributed by atoms with Crippen LogP contribution in [0.25, 0.3) is 11.4 Å². The Labute approximate surface area is 253 Å². The van der Waals surface area contributed by atoms with Crippen LogP contribution in [0.1, 0.15) is 33.0 Å². The molecule has 1 saturated heterocycles. The number of rotatable bonds is 11. The van der Waals surface area contributed by atoms with Gasteiger partial charge in [-0.15, -0.1) is 0 Å². The van der Waals surface area contributed by atoms with Crippen molar-refractivity contribution < 1.29 is 33.3 Å². The third-order valence-corrected chi connectivity index (χ3v) is 6.25. The number of ether oxygens (including phenoxy) is 4. The third kappa shape index (κ3) is 8.28. The molecule has 0 aromatic carbocycles. The Bertz CT molecular complexity index is 1510. The van der Waals surface area contributed by atoms with Crippen molar-refractivity contribution in [1.82, 2.24) is 30.6 Å². The first-order valence-corrected chi connectivity index (χ1v) is 14.1. The van der Waals surface area contributed by atoms with E-state index in [1.54, 1.807) is 51.2 Å². The number of amides is 3. The van der Waals surface area contributed by atoms with Gasteiger partial charge in [0.25, 0.3) is 5.91 Å². The number of nitrogens with one attached hydrogen (secondary N) is 3. The second kappa shape index (κ2) is 13.5. The minimum Gasteiger partial charge on any atom is -0.480 e. The Morgan fingerprint density at radius 1 is 1.09 bits per heavy atom. The number of carbonyl (C=O) groups is 3. The average Bonchev–Trinajstić information content (AvgIpc) is 3.36. The monoisotopic (exact) mass is 606 g/mol. The quantitative estimate of drug-likeness (QED) is 0.272. The summed E-state index contributed by atoms with van der Waals surface area (Å²) in [6.45, 7) is 7.09. The van der Waals surface area contributed by atoms with Crippen LogP contribution in [0.15, 0.2) is 42.6 Å². The summed E-state index contributed by atoms with van der Waals surface area (Å²) in [5, 5.41) is 8.57. The van der Waals surface area contributed by atoms with Crippen LogP contribution < -0.4 is 30.3 Å². The molecular formula is C29H34N8O7. The largest absolute Gasteiger partial charge is 0.480 e. The van der Waals surface area contributed by atoms with Gasteiger partial charge in [0.1, 0.15) is 30.0 Å². The van der Waals surface area contributed by atoms with Crippen molar-refractivity contribution >= 4 is 29.7 Å². The average molecular weight is 607 g/mol. The summed E-state index contributed by atoms with van der Waals surface area (Å²) in [6.07, 6.45) is 0.884. The van der Waals surface area contributed by atoms with Crippen molar-refractivity contribution in [2.24, 2.45) is 0 Å². The molecule has 3 N–H and O–H groups in total. The third-order valence-electron chi connectivity index (χ3n) is 6.25.